The number of carbonyl (C=O) groups excluding carboxylic acids is 1. The molecule has 2 N–H and O–H groups in total. The van der Waals surface area contributed by atoms with Crippen molar-refractivity contribution in [3.05, 3.63) is 48.3 Å². The molecule has 0 aliphatic carbocycles. The summed E-state index contributed by atoms with van der Waals surface area (Å²) in [6.07, 6.45) is 2.03. The molecule has 1 saturated heterocycles. The van der Waals surface area contributed by atoms with Crippen molar-refractivity contribution in [1.29, 1.82) is 0 Å². The van der Waals surface area contributed by atoms with E-state index in [2.05, 4.69) is 21.3 Å². The van der Waals surface area contributed by atoms with Gasteiger partial charge in [0.25, 0.3) is 0 Å². The van der Waals surface area contributed by atoms with Crippen LogP contribution in [-0.2, 0) is 13.6 Å². The summed E-state index contributed by atoms with van der Waals surface area (Å²) in [6, 6.07) is 12.0. The molecule has 1 aromatic heterocycles. The van der Waals surface area contributed by atoms with Crippen LogP contribution in [0.3, 0.4) is 0 Å². The number of amides is 2. The molecule has 0 radical (unpaired) electrons. The summed E-state index contributed by atoms with van der Waals surface area (Å²) in [5.41, 5.74) is 3.16. The van der Waals surface area contributed by atoms with Crippen molar-refractivity contribution < 1.29 is 4.79 Å². The van der Waals surface area contributed by atoms with E-state index >= 15 is 0 Å². The second kappa shape index (κ2) is 5.28. The molecule has 20 heavy (non-hydrogen) atoms. The molecule has 2 heterocycles. The molecule has 0 saturated carbocycles. The van der Waals surface area contributed by atoms with Gasteiger partial charge in [-0.15, -0.1) is 0 Å². The largest absolute Gasteiger partial charge is 0.379 e. The Morgan fingerprint density at radius 2 is 2.20 bits per heavy atom. The van der Waals surface area contributed by atoms with Crippen molar-refractivity contribution in [2.45, 2.75) is 6.54 Å². The minimum atomic E-state index is -0.0235. The van der Waals surface area contributed by atoms with Gasteiger partial charge in [-0.05, 0) is 30.3 Å². The zero-order valence-corrected chi connectivity index (χ0v) is 11.5. The first kappa shape index (κ1) is 12.6. The highest BCUT2D eigenvalue weighted by Gasteiger charge is 2.20. The minimum absolute atomic E-state index is 0.0235. The molecule has 1 fully saturated rings. The second-order valence-electron chi connectivity index (χ2n) is 4.90. The van der Waals surface area contributed by atoms with Crippen LogP contribution in [0, 0.1) is 0 Å². The molecule has 1 aliphatic rings. The molecule has 5 heteroatoms. The van der Waals surface area contributed by atoms with E-state index in [1.54, 1.807) is 4.90 Å². The number of nitrogens with zero attached hydrogens (tertiary/aromatic N) is 2. The van der Waals surface area contributed by atoms with Crippen LogP contribution in [-0.4, -0.2) is 23.7 Å². The molecular formula is C15H18N4O. The van der Waals surface area contributed by atoms with Crippen molar-refractivity contribution in [3.8, 4) is 0 Å². The molecule has 0 bridgehead atoms. The van der Waals surface area contributed by atoms with E-state index < -0.39 is 0 Å². The normalized spacial score (nSPS) is 14.4. The zero-order chi connectivity index (χ0) is 13.9. The Morgan fingerprint density at radius 3 is 2.90 bits per heavy atom. The molecule has 2 aromatic rings. The zero-order valence-electron chi connectivity index (χ0n) is 11.5. The highest BCUT2D eigenvalue weighted by Crippen LogP contribution is 2.21. The van der Waals surface area contributed by atoms with Gasteiger partial charge in [-0.1, -0.05) is 6.07 Å². The Kier molecular flexibility index (Phi) is 3.33. The molecule has 0 unspecified atom stereocenters. The van der Waals surface area contributed by atoms with Crippen LogP contribution in [0.2, 0.25) is 0 Å². The molecule has 1 aromatic carbocycles. The summed E-state index contributed by atoms with van der Waals surface area (Å²) in [5, 5.41) is 6.20. The van der Waals surface area contributed by atoms with E-state index in [0.717, 1.165) is 24.5 Å². The monoisotopic (exact) mass is 270 g/mol. The third kappa shape index (κ3) is 2.47. The number of aromatic nitrogens is 1. The molecule has 1 aliphatic heterocycles. The first-order valence-corrected chi connectivity index (χ1v) is 6.73. The summed E-state index contributed by atoms with van der Waals surface area (Å²) in [5.74, 6) is 0. The summed E-state index contributed by atoms with van der Waals surface area (Å²) in [6.45, 7) is 2.19. The Bertz CT molecular complexity index is 620. The SMILES string of the molecule is Cn1cccc1CNc1cccc(N2CCNC2=O)c1. The number of urea groups is 1. The third-order valence-corrected chi connectivity index (χ3v) is 3.54. The second-order valence-corrected chi connectivity index (χ2v) is 4.90. The predicted molar refractivity (Wildman–Crippen MR) is 79.9 cm³/mol. The highest BCUT2D eigenvalue weighted by molar-refractivity contribution is 5.94. The number of hydrogen-bond acceptors (Lipinski definition) is 2. The van der Waals surface area contributed by atoms with Crippen LogP contribution >= 0.6 is 0 Å². The van der Waals surface area contributed by atoms with Crippen LogP contribution in [0.1, 0.15) is 5.69 Å². The van der Waals surface area contributed by atoms with Gasteiger partial charge in [0, 0.05) is 43.4 Å². The van der Waals surface area contributed by atoms with Gasteiger partial charge in [-0.3, -0.25) is 4.90 Å². The first-order chi connectivity index (χ1) is 9.74. The van der Waals surface area contributed by atoms with E-state index in [0.29, 0.717) is 6.54 Å². The van der Waals surface area contributed by atoms with Gasteiger partial charge in [-0.2, -0.15) is 0 Å². The van der Waals surface area contributed by atoms with Crippen molar-refractivity contribution in [3.63, 3.8) is 0 Å². The number of nitrogens with one attached hydrogen (secondary N) is 2. The van der Waals surface area contributed by atoms with E-state index in [-0.39, 0.29) is 6.03 Å². The Morgan fingerprint density at radius 1 is 1.30 bits per heavy atom. The number of anilines is 2. The molecule has 2 amide bonds. The van der Waals surface area contributed by atoms with Gasteiger partial charge in [0.05, 0.1) is 6.54 Å². The average Bonchev–Trinajstić information content (AvgIpc) is 3.05. The van der Waals surface area contributed by atoms with Crippen LogP contribution in [0.4, 0.5) is 16.2 Å². The molecule has 104 valence electrons. The van der Waals surface area contributed by atoms with E-state index in [1.165, 1.54) is 5.69 Å². The number of benzene rings is 1. The maximum absolute atomic E-state index is 11.7. The van der Waals surface area contributed by atoms with Crippen molar-refractivity contribution in [1.82, 2.24) is 9.88 Å². The Labute approximate surface area is 118 Å². The fourth-order valence-corrected chi connectivity index (χ4v) is 2.37. The lowest BCUT2D eigenvalue weighted by Gasteiger charge is -2.16. The predicted octanol–water partition coefficient (Wildman–Crippen LogP) is 2.17. The third-order valence-electron chi connectivity index (χ3n) is 3.54. The quantitative estimate of drug-likeness (QED) is 0.894. The molecule has 0 atom stereocenters. The fourth-order valence-electron chi connectivity index (χ4n) is 2.37. The maximum atomic E-state index is 11.7. The maximum Gasteiger partial charge on any atom is 0.321 e. The Hall–Kier alpha value is -2.43. The fraction of sp³-hybridized carbons (Fsp3) is 0.267. The lowest BCUT2D eigenvalue weighted by Crippen LogP contribution is -2.27. The smallest absolute Gasteiger partial charge is 0.321 e. The van der Waals surface area contributed by atoms with Gasteiger partial charge in [-0.25, -0.2) is 4.79 Å². The van der Waals surface area contributed by atoms with Crippen LogP contribution < -0.4 is 15.5 Å². The highest BCUT2D eigenvalue weighted by atomic mass is 16.2. The lowest BCUT2D eigenvalue weighted by molar-refractivity contribution is 0.252. The molecule has 5 nitrogen and oxygen atoms in total. The van der Waals surface area contributed by atoms with Gasteiger partial charge in [0.1, 0.15) is 0 Å². The van der Waals surface area contributed by atoms with Crippen LogP contribution in [0.25, 0.3) is 0 Å². The van der Waals surface area contributed by atoms with Gasteiger partial charge < -0.3 is 15.2 Å². The summed E-state index contributed by atoms with van der Waals surface area (Å²) < 4.78 is 2.09. The van der Waals surface area contributed by atoms with Crippen LogP contribution in [0.5, 0.6) is 0 Å². The first-order valence-electron chi connectivity index (χ1n) is 6.73. The van der Waals surface area contributed by atoms with E-state index in [9.17, 15) is 4.79 Å². The van der Waals surface area contributed by atoms with Gasteiger partial charge in [0.2, 0.25) is 0 Å². The van der Waals surface area contributed by atoms with E-state index in [4.69, 9.17) is 0 Å². The topological polar surface area (TPSA) is 49.3 Å². The minimum Gasteiger partial charge on any atom is -0.379 e. The standard InChI is InChI=1S/C15H18N4O/c1-18-8-3-6-14(18)11-17-12-4-2-5-13(10-12)19-9-7-16-15(19)20/h2-6,8,10,17H,7,9,11H2,1H3,(H,16,20). The summed E-state index contributed by atoms with van der Waals surface area (Å²) >= 11 is 0. The van der Waals surface area contributed by atoms with Gasteiger partial charge in [0.15, 0.2) is 0 Å². The number of aryl methyl sites for hydroxylation is 1. The average molecular weight is 270 g/mol. The molecule has 3 rings (SSSR count). The summed E-state index contributed by atoms with van der Waals surface area (Å²) in [4.78, 5) is 13.4. The lowest BCUT2D eigenvalue weighted by atomic mass is 10.2. The summed E-state index contributed by atoms with van der Waals surface area (Å²) in [7, 11) is 2.03. The van der Waals surface area contributed by atoms with Crippen LogP contribution in [0.15, 0.2) is 42.6 Å². The number of rotatable bonds is 4. The molecule has 0 spiro atoms. The number of hydrogen-bond donors (Lipinski definition) is 2. The number of carbonyl (C=O) groups is 1. The van der Waals surface area contributed by atoms with Gasteiger partial charge >= 0.3 is 6.03 Å². The molecular weight excluding hydrogens is 252 g/mol. The Balaban J connectivity index is 1.71. The van der Waals surface area contributed by atoms with Crippen molar-refractivity contribution in [2.75, 3.05) is 23.3 Å². The van der Waals surface area contributed by atoms with E-state index in [1.807, 2.05) is 43.6 Å². The van der Waals surface area contributed by atoms with Crippen molar-refractivity contribution in [2.24, 2.45) is 7.05 Å². The van der Waals surface area contributed by atoms with Crippen molar-refractivity contribution >= 4 is 17.4 Å².